The van der Waals surface area contributed by atoms with Crippen molar-refractivity contribution < 1.29 is 4.79 Å². The molecule has 1 aliphatic rings. The lowest BCUT2D eigenvalue weighted by Crippen LogP contribution is -2.57. The molecule has 0 aliphatic heterocycles. The Balaban J connectivity index is 1.97. The highest BCUT2D eigenvalue weighted by Gasteiger charge is 2.39. The second kappa shape index (κ2) is 5.57. The maximum Gasteiger partial charge on any atom is 0.251 e. The molecule has 0 spiro atoms. The highest BCUT2D eigenvalue weighted by atomic mass is 16.1. The van der Waals surface area contributed by atoms with Crippen molar-refractivity contribution in [1.82, 2.24) is 15.2 Å². The number of hydrogen-bond acceptors (Lipinski definition) is 4. The standard InChI is InChI=1S/C14H22N4O/c1-15-12-9-11(5-8-16-12)13(19)17-10-14(18(2)3)6-4-7-14/h5,8-9H,4,6-7,10H2,1-3H3,(H,15,16)(H,17,19). The first-order valence-electron chi connectivity index (χ1n) is 6.67. The molecule has 1 saturated carbocycles. The molecule has 0 atom stereocenters. The number of likely N-dealkylation sites (N-methyl/N-ethyl adjacent to an activating group) is 1. The molecule has 5 nitrogen and oxygen atoms in total. The van der Waals surface area contributed by atoms with E-state index in [1.165, 1.54) is 6.42 Å². The van der Waals surface area contributed by atoms with Crippen LogP contribution in [0.15, 0.2) is 18.3 Å². The van der Waals surface area contributed by atoms with Gasteiger partial charge in [0.25, 0.3) is 5.91 Å². The van der Waals surface area contributed by atoms with Gasteiger partial charge >= 0.3 is 0 Å². The molecule has 0 radical (unpaired) electrons. The van der Waals surface area contributed by atoms with E-state index in [1.807, 2.05) is 0 Å². The van der Waals surface area contributed by atoms with Crippen molar-refractivity contribution in [2.75, 3.05) is 33.0 Å². The third-order valence-electron chi connectivity index (χ3n) is 4.09. The highest BCUT2D eigenvalue weighted by Crippen LogP contribution is 2.35. The Morgan fingerprint density at radius 3 is 2.74 bits per heavy atom. The van der Waals surface area contributed by atoms with Crippen LogP contribution in [0, 0.1) is 0 Å². The summed E-state index contributed by atoms with van der Waals surface area (Å²) in [5, 5.41) is 5.97. The molecule has 19 heavy (non-hydrogen) atoms. The molecule has 1 aromatic heterocycles. The van der Waals surface area contributed by atoms with Crippen LogP contribution < -0.4 is 10.6 Å². The van der Waals surface area contributed by atoms with Crippen LogP contribution in [0.2, 0.25) is 0 Å². The molecule has 1 amide bonds. The monoisotopic (exact) mass is 262 g/mol. The number of hydrogen-bond donors (Lipinski definition) is 2. The van der Waals surface area contributed by atoms with Crippen LogP contribution in [0.3, 0.4) is 0 Å². The van der Waals surface area contributed by atoms with Gasteiger partial charge in [-0.15, -0.1) is 0 Å². The van der Waals surface area contributed by atoms with Gasteiger partial charge in [-0.1, -0.05) is 0 Å². The maximum absolute atomic E-state index is 12.1. The summed E-state index contributed by atoms with van der Waals surface area (Å²) in [6, 6.07) is 3.50. The Bertz CT molecular complexity index is 455. The Kier molecular flexibility index (Phi) is 4.04. The first kappa shape index (κ1) is 13.8. The zero-order chi connectivity index (χ0) is 13.9. The van der Waals surface area contributed by atoms with Crippen molar-refractivity contribution in [3.63, 3.8) is 0 Å². The minimum atomic E-state index is -0.0352. The zero-order valence-corrected chi connectivity index (χ0v) is 11.9. The molecular weight excluding hydrogens is 240 g/mol. The van der Waals surface area contributed by atoms with Gasteiger partial charge in [0.1, 0.15) is 5.82 Å². The fourth-order valence-electron chi connectivity index (χ4n) is 2.42. The number of anilines is 1. The quantitative estimate of drug-likeness (QED) is 0.840. The van der Waals surface area contributed by atoms with E-state index in [2.05, 4.69) is 34.6 Å². The molecular formula is C14H22N4O. The summed E-state index contributed by atoms with van der Waals surface area (Å²) in [5.41, 5.74) is 0.793. The van der Waals surface area contributed by atoms with E-state index >= 15 is 0 Å². The molecule has 1 aromatic rings. The lowest BCUT2D eigenvalue weighted by atomic mass is 9.75. The van der Waals surface area contributed by atoms with Crippen molar-refractivity contribution in [1.29, 1.82) is 0 Å². The number of rotatable bonds is 5. The van der Waals surface area contributed by atoms with E-state index in [0.717, 1.165) is 12.8 Å². The smallest absolute Gasteiger partial charge is 0.251 e. The number of pyridine rings is 1. The molecule has 0 unspecified atom stereocenters. The molecule has 0 bridgehead atoms. The fraction of sp³-hybridized carbons (Fsp3) is 0.571. The second-order valence-corrected chi connectivity index (χ2v) is 5.33. The lowest BCUT2D eigenvalue weighted by Gasteiger charge is -2.47. The third kappa shape index (κ3) is 2.87. The molecule has 1 fully saturated rings. The maximum atomic E-state index is 12.1. The van der Waals surface area contributed by atoms with E-state index in [4.69, 9.17) is 0 Å². The molecule has 104 valence electrons. The third-order valence-corrected chi connectivity index (χ3v) is 4.09. The Hall–Kier alpha value is -1.62. The van der Waals surface area contributed by atoms with Gasteiger partial charge in [-0.2, -0.15) is 0 Å². The number of carbonyl (C=O) groups is 1. The molecule has 1 aliphatic carbocycles. The van der Waals surface area contributed by atoms with Crippen molar-refractivity contribution in [3.05, 3.63) is 23.9 Å². The Morgan fingerprint density at radius 2 is 2.21 bits per heavy atom. The predicted molar refractivity (Wildman–Crippen MR) is 76.4 cm³/mol. The average molecular weight is 262 g/mol. The molecule has 2 N–H and O–H groups in total. The summed E-state index contributed by atoms with van der Waals surface area (Å²) >= 11 is 0. The first-order valence-corrected chi connectivity index (χ1v) is 6.67. The van der Waals surface area contributed by atoms with E-state index in [0.29, 0.717) is 17.9 Å². The molecule has 0 aromatic carbocycles. The predicted octanol–water partition coefficient (Wildman–Crippen LogP) is 1.34. The zero-order valence-electron chi connectivity index (χ0n) is 11.9. The Morgan fingerprint density at radius 1 is 1.47 bits per heavy atom. The van der Waals surface area contributed by atoms with Gasteiger partial charge in [-0.3, -0.25) is 4.79 Å². The average Bonchev–Trinajstić information content (AvgIpc) is 2.37. The van der Waals surface area contributed by atoms with Crippen LogP contribution in [0.4, 0.5) is 5.82 Å². The minimum Gasteiger partial charge on any atom is -0.373 e. The van der Waals surface area contributed by atoms with Gasteiger partial charge in [-0.25, -0.2) is 4.98 Å². The van der Waals surface area contributed by atoms with Crippen molar-refractivity contribution in [2.45, 2.75) is 24.8 Å². The van der Waals surface area contributed by atoms with Crippen LogP contribution in [0.1, 0.15) is 29.6 Å². The number of amides is 1. The van der Waals surface area contributed by atoms with Gasteiger partial charge in [0, 0.05) is 30.9 Å². The summed E-state index contributed by atoms with van der Waals surface area (Å²) in [6.45, 7) is 0.704. The van der Waals surface area contributed by atoms with E-state index in [-0.39, 0.29) is 11.4 Å². The summed E-state index contributed by atoms with van der Waals surface area (Å²) in [4.78, 5) is 18.5. The van der Waals surface area contributed by atoms with Crippen LogP contribution in [-0.4, -0.2) is 49.0 Å². The first-order chi connectivity index (χ1) is 9.07. The van der Waals surface area contributed by atoms with Crippen LogP contribution >= 0.6 is 0 Å². The van der Waals surface area contributed by atoms with Gasteiger partial charge in [0.15, 0.2) is 0 Å². The van der Waals surface area contributed by atoms with Crippen LogP contribution in [0.5, 0.6) is 0 Å². The van der Waals surface area contributed by atoms with Gasteiger partial charge in [0.2, 0.25) is 0 Å². The number of carbonyl (C=O) groups excluding carboxylic acids is 1. The van der Waals surface area contributed by atoms with Crippen LogP contribution in [-0.2, 0) is 0 Å². The van der Waals surface area contributed by atoms with Crippen molar-refractivity contribution in [3.8, 4) is 0 Å². The number of aromatic nitrogens is 1. The summed E-state index contributed by atoms with van der Waals surface area (Å²) in [7, 11) is 5.95. The SMILES string of the molecule is CNc1cc(C(=O)NCC2(N(C)C)CCC2)ccn1. The summed E-state index contributed by atoms with van der Waals surface area (Å²) in [6.07, 6.45) is 5.19. The van der Waals surface area contributed by atoms with E-state index < -0.39 is 0 Å². The largest absolute Gasteiger partial charge is 0.373 e. The summed E-state index contributed by atoms with van der Waals surface area (Å²) < 4.78 is 0. The van der Waals surface area contributed by atoms with Crippen molar-refractivity contribution >= 4 is 11.7 Å². The highest BCUT2D eigenvalue weighted by molar-refractivity contribution is 5.94. The van der Waals surface area contributed by atoms with E-state index in [9.17, 15) is 4.79 Å². The molecule has 1 heterocycles. The van der Waals surface area contributed by atoms with E-state index in [1.54, 1.807) is 25.4 Å². The normalized spacial score (nSPS) is 16.8. The lowest BCUT2D eigenvalue weighted by molar-refractivity contribution is 0.0557. The number of nitrogens with one attached hydrogen (secondary N) is 2. The van der Waals surface area contributed by atoms with Crippen LogP contribution in [0.25, 0.3) is 0 Å². The van der Waals surface area contributed by atoms with Crippen molar-refractivity contribution in [2.24, 2.45) is 0 Å². The topological polar surface area (TPSA) is 57.3 Å². The summed E-state index contributed by atoms with van der Waals surface area (Å²) in [5.74, 6) is 0.672. The molecule has 0 saturated heterocycles. The van der Waals surface area contributed by atoms with Gasteiger partial charge in [-0.05, 0) is 45.5 Å². The Labute approximate surface area is 114 Å². The van der Waals surface area contributed by atoms with Gasteiger partial charge < -0.3 is 15.5 Å². The second-order valence-electron chi connectivity index (χ2n) is 5.33. The molecule has 5 heteroatoms. The minimum absolute atomic E-state index is 0.0352. The fourth-order valence-corrected chi connectivity index (χ4v) is 2.42. The number of nitrogens with zero attached hydrogens (tertiary/aromatic N) is 2. The molecule has 2 rings (SSSR count). The van der Waals surface area contributed by atoms with Gasteiger partial charge in [0.05, 0.1) is 0 Å².